The van der Waals surface area contributed by atoms with Crippen molar-refractivity contribution in [1.29, 1.82) is 0 Å². The summed E-state index contributed by atoms with van der Waals surface area (Å²) in [7, 11) is 0. The number of rotatable bonds is 2. The van der Waals surface area contributed by atoms with E-state index in [4.69, 9.17) is 0 Å². The smallest absolute Gasteiger partial charge is 0.0904 e. The van der Waals surface area contributed by atoms with Gasteiger partial charge in [-0.2, -0.15) is 11.3 Å². The number of thiophene rings is 1. The van der Waals surface area contributed by atoms with E-state index in [2.05, 4.69) is 23.8 Å². The van der Waals surface area contributed by atoms with Crippen molar-refractivity contribution in [1.82, 2.24) is 0 Å². The summed E-state index contributed by atoms with van der Waals surface area (Å²) < 4.78 is 0. The van der Waals surface area contributed by atoms with Crippen molar-refractivity contribution in [2.45, 2.75) is 44.6 Å². The van der Waals surface area contributed by atoms with Crippen LogP contribution in [0.25, 0.3) is 0 Å². The van der Waals surface area contributed by atoms with E-state index in [0.717, 1.165) is 24.3 Å². The maximum atomic E-state index is 10.5. The molecule has 1 aliphatic rings. The van der Waals surface area contributed by atoms with Gasteiger partial charge in [-0.1, -0.05) is 13.3 Å². The Morgan fingerprint density at radius 1 is 1.50 bits per heavy atom. The van der Waals surface area contributed by atoms with Gasteiger partial charge in [0.15, 0.2) is 0 Å². The first-order chi connectivity index (χ1) is 6.74. The molecule has 0 spiro atoms. The summed E-state index contributed by atoms with van der Waals surface area (Å²) in [6.45, 7) is 2.25. The lowest BCUT2D eigenvalue weighted by Crippen LogP contribution is -2.30. The van der Waals surface area contributed by atoms with E-state index in [1.54, 1.807) is 11.3 Å². The van der Waals surface area contributed by atoms with Gasteiger partial charge in [0.1, 0.15) is 0 Å². The minimum absolute atomic E-state index is 0.508. The van der Waals surface area contributed by atoms with Crippen molar-refractivity contribution in [3.8, 4) is 0 Å². The van der Waals surface area contributed by atoms with Crippen LogP contribution in [0, 0.1) is 5.92 Å². The topological polar surface area (TPSA) is 20.2 Å². The van der Waals surface area contributed by atoms with Crippen LogP contribution < -0.4 is 0 Å². The fourth-order valence-corrected chi connectivity index (χ4v) is 3.13. The minimum Gasteiger partial charge on any atom is -0.385 e. The summed E-state index contributed by atoms with van der Waals surface area (Å²) in [6.07, 6.45) is 5.52. The highest BCUT2D eigenvalue weighted by atomic mass is 32.1. The average molecular weight is 210 g/mol. The SMILES string of the molecule is CCC1CCC(O)(c2ccsc2)CC1. The van der Waals surface area contributed by atoms with E-state index in [-0.39, 0.29) is 0 Å². The Kier molecular flexibility index (Phi) is 2.93. The van der Waals surface area contributed by atoms with E-state index in [1.165, 1.54) is 19.3 Å². The average Bonchev–Trinajstić information content (AvgIpc) is 2.72. The fraction of sp³-hybridized carbons (Fsp3) is 0.667. The molecule has 1 aromatic heterocycles. The van der Waals surface area contributed by atoms with Crippen LogP contribution in [0.3, 0.4) is 0 Å². The van der Waals surface area contributed by atoms with Crippen molar-refractivity contribution in [3.63, 3.8) is 0 Å². The first-order valence-corrected chi connectivity index (χ1v) is 6.44. The molecule has 0 saturated heterocycles. The first-order valence-electron chi connectivity index (χ1n) is 5.49. The molecule has 1 aromatic rings. The predicted molar refractivity (Wildman–Crippen MR) is 60.5 cm³/mol. The third-order valence-electron chi connectivity index (χ3n) is 3.57. The number of aliphatic hydroxyl groups is 1. The molecule has 1 aliphatic carbocycles. The standard InChI is InChI=1S/C12H18OS/c1-2-10-3-6-12(13,7-4-10)11-5-8-14-9-11/h5,8-10,13H,2-4,6-7H2,1H3. The third-order valence-corrected chi connectivity index (χ3v) is 4.25. The molecule has 2 rings (SSSR count). The normalized spacial score (nSPS) is 33.1. The van der Waals surface area contributed by atoms with Crippen LogP contribution in [-0.4, -0.2) is 5.11 Å². The van der Waals surface area contributed by atoms with Crippen LogP contribution in [0.1, 0.15) is 44.6 Å². The van der Waals surface area contributed by atoms with Crippen molar-refractivity contribution in [3.05, 3.63) is 22.4 Å². The lowest BCUT2D eigenvalue weighted by molar-refractivity contribution is -0.0142. The van der Waals surface area contributed by atoms with Crippen LogP contribution in [0.4, 0.5) is 0 Å². The molecular weight excluding hydrogens is 192 g/mol. The maximum absolute atomic E-state index is 10.5. The van der Waals surface area contributed by atoms with Crippen LogP contribution >= 0.6 is 11.3 Å². The Balaban J connectivity index is 2.06. The molecule has 1 saturated carbocycles. The van der Waals surface area contributed by atoms with Gasteiger partial charge in [0.05, 0.1) is 5.60 Å². The lowest BCUT2D eigenvalue weighted by atomic mass is 9.75. The summed E-state index contributed by atoms with van der Waals surface area (Å²) in [6, 6.07) is 2.07. The highest BCUT2D eigenvalue weighted by Crippen LogP contribution is 2.40. The number of hydrogen-bond donors (Lipinski definition) is 1. The van der Waals surface area contributed by atoms with Gasteiger partial charge in [0, 0.05) is 0 Å². The minimum atomic E-state index is -0.508. The van der Waals surface area contributed by atoms with E-state index in [9.17, 15) is 5.11 Å². The van der Waals surface area contributed by atoms with Gasteiger partial charge in [0.2, 0.25) is 0 Å². The van der Waals surface area contributed by atoms with Gasteiger partial charge in [0.25, 0.3) is 0 Å². The second kappa shape index (κ2) is 4.03. The molecular formula is C12H18OS. The molecule has 1 fully saturated rings. The molecule has 1 heterocycles. The zero-order chi connectivity index (χ0) is 10.0. The Morgan fingerprint density at radius 3 is 2.71 bits per heavy atom. The largest absolute Gasteiger partial charge is 0.385 e. The van der Waals surface area contributed by atoms with E-state index in [0.29, 0.717) is 0 Å². The highest BCUT2D eigenvalue weighted by Gasteiger charge is 2.34. The molecule has 2 heteroatoms. The summed E-state index contributed by atoms with van der Waals surface area (Å²) in [5, 5.41) is 14.6. The van der Waals surface area contributed by atoms with Crippen molar-refractivity contribution in [2.24, 2.45) is 5.92 Å². The lowest BCUT2D eigenvalue weighted by Gasteiger charge is -2.35. The van der Waals surface area contributed by atoms with E-state index >= 15 is 0 Å². The third kappa shape index (κ3) is 1.86. The zero-order valence-electron chi connectivity index (χ0n) is 8.70. The first kappa shape index (κ1) is 10.2. The van der Waals surface area contributed by atoms with Gasteiger partial charge in [-0.05, 0) is 54.0 Å². The van der Waals surface area contributed by atoms with Gasteiger partial charge < -0.3 is 5.11 Å². The van der Waals surface area contributed by atoms with Gasteiger partial charge in [-0.3, -0.25) is 0 Å². The Hall–Kier alpha value is -0.340. The summed E-state index contributed by atoms with van der Waals surface area (Å²) >= 11 is 1.68. The highest BCUT2D eigenvalue weighted by molar-refractivity contribution is 7.08. The Morgan fingerprint density at radius 2 is 2.21 bits per heavy atom. The molecule has 1 nitrogen and oxygen atoms in total. The molecule has 0 aliphatic heterocycles. The molecule has 0 amide bonds. The predicted octanol–water partition coefficient (Wildman–Crippen LogP) is 3.54. The van der Waals surface area contributed by atoms with Gasteiger partial charge >= 0.3 is 0 Å². The van der Waals surface area contributed by atoms with E-state index < -0.39 is 5.60 Å². The molecule has 0 unspecified atom stereocenters. The second-order valence-electron chi connectivity index (χ2n) is 4.40. The summed E-state index contributed by atoms with van der Waals surface area (Å²) in [5.74, 6) is 0.842. The van der Waals surface area contributed by atoms with Gasteiger partial charge in [-0.15, -0.1) is 0 Å². The van der Waals surface area contributed by atoms with Crippen LogP contribution in [0.2, 0.25) is 0 Å². The number of hydrogen-bond acceptors (Lipinski definition) is 2. The van der Waals surface area contributed by atoms with Crippen molar-refractivity contribution in [2.75, 3.05) is 0 Å². The van der Waals surface area contributed by atoms with Crippen molar-refractivity contribution < 1.29 is 5.11 Å². The summed E-state index contributed by atoms with van der Waals surface area (Å²) in [4.78, 5) is 0. The molecule has 14 heavy (non-hydrogen) atoms. The van der Waals surface area contributed by atoms with E-state index in [1.807, 2.05) is 0 Å². The van der Waals surface area contributed by atoms with Crippen LogP contribution in [-0.2, 0) is 5.60 Å². The molecule has 78 valence electrons. The Labute approximate surface area is 89.8 Å². The van der Waals surface area contributed by atoms with Crippen LogP contribution in [0.5, 0.6) is 0 Å². The monoisotopic (exact) mass is 210 g/mol. The second-order valence-corrected chi connectivity index (χ2v) is 5.18. The molecule has 0 aromatic carbocycles. The van der Waals surface area contributed by atoms with Crippen LogP contribution in [0.15, 0.2) is 16.8 Å². The fourth-order valence-electron chi connectivity index (χ4n) is 2.38. The Bertz CT molecular complexity index is 271. The quantitative estimate of drug-likeness (QED) is 0.791. The molecule has 0 bridgehead atoms. The maximum Gasteiger partial charge on any atom is 0.0904 e. The zero-order valence-corrected chi connectivity index (χ0v) is 9.52. The molecule has 1 N–H and O–H groups in total. The molecule has 0 atom stereocenters. The summed E-state index contributed by atoms with van der Waals surface area (Å²) in [5.41, 5.74) is 0.628. The van der Waals surface area contributed by atoms with Crippen molar-refractivity contribution >= 4 is 11.3 Å². The van der Waals surface area contributed by atoms with Gasteiger partial charge in [-0.25, -0.2) is 0 Å². The molecule has 0 radical (unpaired) electrons.